The molecular weight excluding hydrogens is 236 g/mol. The summed E-state index contributed by atoms with van der Waals surface area (Å²) in [5.41, 5.74) is 3.82. The van der Waals surface area contributed by atoms with Gasteiger partial charge >= 0.3 is 0 Å². The standard InChI is InChI=1S/C15H12N4/c1-11-14(13-7-16-10-17-8-13)9-18-15(19-11)12-5-3-2-4-6-12/h2-10H,1H3. The second kappa shape index (κ2) is 4.94. The third-order valence-corrected chi connectivity index (χ3v) is 2.88. The van der Waals surface area contributed by atoms with E-state index in [1.165, 1.54) is 6.33 Å². The molecular formula is C15H12N4. The van der Waals surface area contributed by atoms with Gasteiger partial charge in [-0.05, 0) is 6.92 Å². The van der Waals surface area contributed by atoms with Crippen LogP contribution in [0.15, 0.2) is 55.2 Å². The van der Waals surface area contributed by atoms with Crippen molar-refractivity contribution in [2.24, 2.45) is 0 Å². The van der Waals surface area contributed by atoms with E-state index in [4.69, 9.17) is 0 Å². The molecule has 0 radical (unpaired) electrons. The number of hydrogen-bond donors (Lipinski definition) is 0. The molecule has 4 heteroatoms. The third-order valence-electron chi connectivity index (χ3n) is 2.88. The number of rotatable bonds is 2. The Morgan fingerprint density at radius 2 is 1.58 bits per heavy atom. The van der Waals surface area contributed by atoms with Crippen molar-refractivity contribution in [1.29, 1.82) is 0 Å². The number of hydrogen-bond acceptors (Lipinski definition) is 4. The molecule has 0 atom stereocenters. The summed E-state index contributed by atoms with van der Waals surface area (Å²) in [7, 11) is 0. The Balaban J connectivity index is 2.04. The van der Waals surface area contributed by atoms with Crippen LogP contribution in [0.2, 0.25) is 0 Å². The van der Waals surface area contributed by atoms with Gasteiger partial charge < -0.3 is 0 Å². The van der Waals surface area contributed by atoms with E-state index in [2.05, 4.69) is 19.9 Å². The second-order valence-electron chi connectivity index (χ2n) is 4.19. The van der Waals surface area contributed by atoms with Crippen LogP contribution in [0, 0.1) is 6.92 Å². The van der Waals surface area contributed by atoms with Crippen molar-refractivity contribution in [3.8, 4) is 22.5 Å². The van der Waals surface area contributed by atoms with Crippen LogP contribution in [0.4, 0.5) is 0 Å². The lowest BCUT2D eigenvalue weighted by Crippen LogP contribution is -1.95. The molecule has 0 saturated heterocycles. The second-order valence-corrected chi connectivity index (χ2v) is 4.19. The molecule has 3 rings (SSSR count). The topological polar surface area (TPSA) is 51.6 Å². The van der Waals surface area contributed by atoms with E-state index in [0.717, 1.165) is 28.2 Å². The van der Waals surface area contributed by atoms with E-state index in [0.29, 0.717) is 0 Å². The Hall–Kier alpha value is -2.62. The summed E-state index contributed by atoms with van der Waals surface area (Å²) in [6.07, 6.45) is 6.86. The molecule has 3 aromatic rings. The van der Waals surface area contributed by atoms with E-state index in [1.807, 2.05) is 43.5 Å². The van der Waals surface area contributed by atoms with Gasteiger partial charge in [0.05, 0.1) is 0 Å². The number of aryl methyl sites for hydroxylation is 1. The van der Waals surface area contributed by atoms with Crippen LogP contribution in [0.3, 0.4) is 0 Å². The van der Waals surface area contributed by atoms with Crippen molar-refractivity contribution >= 4 is 0 Å². The molecule has 0 unspecified atom stereocenters. The monoisotopic (exact) mass is 248 g/mol. The van der Waals surface area contributed by atoms with Gasteiger partial charge in [0, 0.05) is 41.0 Å². The van der Waals surface area contributed by atoms with Gasteiger partial charge in [-0.2, -0.15) is 0 Å². The van der Waals surface area contributed by atoms with Gasteiger partial charge in [0.25, 0.3) is 0 Å². The molecule has 0 saturated carbocycles. The van der Waals surface area contributed by atoms with Crippen molar-refractivity contribution in [2.75, 3.05) is 0 Å². The molecule has 0 amide bonds. The maximum Gasteiger partial charge on any atom is 0.159 e. The molecule has 92 valence electrons. The Morgan fingerprint density at radius 3 is 2.26 bits per heavy atom. The van der Waals surface area contributed by atoms with Crippen molar-refractivity contribution < 1.29 is 0 Å². The SMILES string of the molecule is Cc1nc(-c2ccccc2)ncc1-c1cncnc1. The fourth-order valence-electron chi connectivity index (χ4n) is 1.91. The predicted molar refractivity (Wildman–Crippen MR) is 73.2 cm³/mol. The molecule has 1 aromatic carbocycles. The van der Waals surface area contributed by atoms with Crippen LogP contribution in [0.25, 0.3) is 22.5 Å². The first kappa shape index (κ1) is 11.5. The molecule has 19 heavy (non-hydrogen) atoms. The molecule has 0 N–H and O–H groups in total. The zero-order valence-corrected chi connectivity index (χ0v) is 10.5. The van der Waals surface area contributed by atoms with Gasteiger partial charge in [-0.3, -0.25) is 0 Å². The smallest absolute Gasteiger partial charge is 0.159 e. The average molecular weight is 248 g/mol. The molecule has 2 aromatic heterocycles. The van der Waals surface area contributed by atoms with Gasteiger partial charge in [-0.15, -0.1) is 0 Å². The highest BCUT2D eigenvalue weighted by Gasteiger charge is 2.07. The van der Waals surface area contributed by atoms with E-state index in [1.54, 1.807) is 12.4 Å². The van der Waals surface area contributed by atoms with Crippen molar-refractivity contribution in [3.05, 3.63) is 60.9 Å². The molecule has 0 aliphatic heterocycles. The molecule has 0 spiro atoms. The number of benzene rings is 1. The fourth-order valence-corrected chi connectivity index (χ4v) is 1.91. The fraction of sp³-hybridized carbons (Fsp3) is 0.0667. The Labute approximate surface area is 111 Å². The minimum atomic E-state index is 0.735. The van der Waals surface area contributed by atoms with Gasteiger partial charge in [0.2, 0.25) is 0 Å². The summed E-state index contributed by atoms with van der Waals surface area (Å²) in [6.45, 7) is 1.97. The Kier molecular flexibility index (Phi) is 2.98. The van der Waals surface area contributed by atoms with E-state index >= 15 is 0 Å². The van der Waals surface area contributed by atoms with Gasteiger partial charge in [-0.25, -0.2) is 19.9 Å². The first-order chi connectivity index (χ1) is 9.34. The lowest BCUT2D eigenvalue weighted by Gasteiger charge is -2.06. The van der Waals surface area contributed by atoms with Crippen molar-refractivity contribution in [1.82, 2.24) is 19.9 Å². The summed E-state index contributed by atoms with van der Waals surface area (Å²) < 4.78 is 0. The van der Waals surface area contributed by atoms with Gasteiger partial charge in [0.1, 0.15) is 6.33 Å². The molecule has 2 heterocycles. The summed E-state index contributed by atoms with van der Waals surface area (Å²) in [5, 5.41) is 0. The molecule has 0 bridgehead atoms. The van der Waals surface area contributed by atoms with E-state index in [9.17, 15) is 0 Å². The lowest BCUT2D eigenvalue weighted by molar-refractivity contribution is 1.10. The van der Waals surface area contributed by atoms with Gasteiger partial charge in [0.15, 0.2) is 5.82 Å². The third kappa shape index (κ3) is 2.33. The molecule has 0 aliphatic carbocycles. The minimum Gasteiger partial charge on any atom is -0.244 e. The van der Waals surface area contributed by atoms with E-state index in [-0.39, 0.29) is 0 Å². The highest BCUT2D eigenvalue weighted by Crippen LogP contribution is 2.22. The molecule has 4 nitrogen and oxygen atoms in total. The summed E-state index contributed by atoms with van der Waals surface area (Å²) >= 11 is 0. The number of aromatic nitrogens is 4. The Bertz CT molecular complexity index is 681. The largest absolute Gasteiger partial charge is 0.244 e. The van der Waals surface area contributed by atoms with Crippen LogP contribution in [-0.2, 0) is 0 Å². The van der Waals surface area contributed by atoms with Crippen LogP contribution < -0.4 is 0 Å². The average Bonchev–Trinajstić information content (AvgIpc) is 2.49. The van der Waals surface area contributed by atoms with Crippen LogP contribution in [0.1, 0.15) is 5.69 Å². The summed E-state index contributed by atoms with van der Waals surface area (Å²) in [4.78, 5) is 17.0. The van der Waals surface area contributed by atoms with E-state index < -0.39 is 0 Å². The Morgan fingerprint density at radius 1 is 0.842 bits per heavy atom. The van der Waals surface area contributed by atoms with Crippen LogP contribution in [-0.4, -0.2) is 19.9 Å². The minimum absolute atomic E-state index is 0.735. The molecule has 0 fully saturated rings. The van der Waals surface area contributed by atoms with Crippen molar-refractivity contribution in [2.45, 2.75) is 6.92 Å². The maximum absolute atomic E-state index is 4.55. The first-order valence-electron chi connectivity index (χ1n) is 5.99. The lowest BCUT2D eigenvalue weighted by atomic mass is 10.1. The summed E-state index contributed by atoms with van der Waals surface area (Å²) in [6, 6.07) is 9.94. The predicted octanol–water partition coefficient (Wildman–Crippen LogP) is 2.91. The highest BCUT2D eigenvalue weighted by atomic mass is 14.9. The zero-order valence-electron chi connectivity index (χ0n) is 10.5. The zero-order chi connectivity index (χ0) is 13.1. The normalized spacial score (nSPS) is 10.4. The quantitative estimate of drug-likeness (QED) is 0.699. The molecule has 0 aliphatic rings. The van der Waals surface area contributed by atoms with Gasteiger partial charge in [-0.1, -0.05) is 30.3 Å². The summed E-state index contributed by atoms with van der Waals surface area (Å²) in [5.74, 6) is 0.735. The maximum atomic E-state index is 4.55. The number of nitrogens with zero attached hydrogens (tertiary/aromatic N) is 4. The van der Waals surface area contributed by atoms with Crippen LogP contribution >= 0.6 is 0 Å². The highest BCUT2D eigenvalue weighted by molar-refractivity contribution is 5.65. The van der Waals surface area contributed by atoms with Crippen molar-refractivity contribution in [3.63, 3.8) is 0 Å². The first-order valence-corrected chi connectivity index (χ1v) is 5.99. The van der Waals surface area contributed by atoms with Crippen LogP contribution in [0.5, 0.6) is 0 Å².